The van der Waals surface area contributed by atoms with Crippen molar-refractivity contribution in [3.63, 3.8) is 0 Å². The lowest BCUT2D eigenvalue weighted by atomic mass is 9.76. The third-order valence-electron chi connectivity index (χ3n) is 13.1. The summed E-state index contributed by atoms with van der Waals surface area (Å²) in [6.07, 6.45) is 7.29. The van der Waals surface area contributed by atoms with Gasteiger partial charge in [-0.1, -0.05) is 64.1 Å². The molecule has 0 amide bonds. The number of para-hydroxylation sites is 2. The summed E-state index contributed by atoms with van der Waals surface area (Å²) in [7, 11) is 7.96. The Labute approximate surface area is 327 Å². The fourth-order valence-electron chi connectivity index (χ4n) is 9.65. The number of ketones is 2. The normalized spacial score (nSPS) is 21.5. The topological polar surface area (TPSA) is 90.9 Å². The van der Waals surface area contributed by atoms with Gasteiger partial charge in [0.2, 0.25) is 11.6 Å². The van der Waals surface area contributed by atoms with Crippen molar-refractivity contribution < 1.29 is 19.8 Å². The van der Waals surface area contributed by atoms with Crippen LogP contribution in [0.25, 0.3) is 34.0 Å². The molecular weight excluding hydrogens is 697 g/mol. The van der Waals surface area contributed by atoms with Gasteiger partial charge in [-0.2, -0.15) is 0 Å². The van der Waals surface area contributed by atoms with Gasteiger partial charge < -0.3 is 29.1 Å². The van der Waals surface area contributed by atoms with Crippen LogP contribution in [0, 0.1) is 13.8 Å². The molecule has 0 spiro atoms. The quantitative estimate of drug-likeness (QED) is 0.178. The second kappa shape index (κ2) is 11.6. The number of Topliss-reactive ketones (excluding diaryl/α,β-unsaturated/α-hetero) is 2. The second-order valence-corrected chi connectivity index (χ2v) is 16.8. The Morgan fingerprint density at radius 1 is 0.554 bits per heavy atom. The van der Waals surface area contributed by atoms with Gasteiger partial charge >= 0.3 is 0 Å². The van der Waals surface area contributed by atoms with E-state index in [1.165, 1.54) is 0 Å². The number of aliphatic hydroxyl groups excluding tert-OH is 2. The van der Waals surface area contributed by atoms with Gasteiger partial charge in [0.15, 0.2) is 0 Å². The van der Waals surface area contributed by atoms with Crippen molar-refractivity contribution in [1.82, 2.24) is 9.13 Å². The molecule has 0 fully saturated rings. The summed E-state index contributed by atoms with van der Waals surface area (Å²) < 4.78 is 4.12. The summed E-state index contributed by atoms with van der Waals surface area (Å²) in [5.41, 5.74) is 12.4. The molecule has 282 valence electrons. The molecule has 2 aromatic heterocycles. The molecule has 4 aliphatic rings. The molecule has 0 saturated heterocycles. The average molecular weight is 743 g/mol. The van der Waals surface area contributed by atoms with Crippen LogP contribution in [-0.2, 0) is 34.5 Å². The lowest BCUT2D eigenvalue weighted by Gasteiger charge is -2.28. The number of hydrogen-bond donors (Lipinski definition) is 2. The van der Waals surface area contributed by atoms with Gasteiger partial charge in [0.25, 0.3) is 0 Å². The maximum atomic E-state index is 13.6. The monoisotopic (exact) mass is 742 g/mol. The van der Waals surface area contributed by atoms with Gasteiger partial charge in [-0.25, -0.2) is 0 Å². The summed E-state index contributed by atoms with van der Waals surface area (Å²) in [5.74, 6) is -0.324. The van der Waals surface area contributed by atoms with Crippen LogP contribution in [0.15, 0.2) is 118 Å². The molecule has 2 aliphatic heterocycles. The molecule has 0 saturated carbocycles. The molecule has 8 heteroatoms. The number of fused-ring (bicyclic) bond motifs is 4. The molecule has 56 heavy (non-hydrogen) atoms. The molecule has 5 aromatic rings. The second-order valence-electron chi connectivity index (χ2n) is 16.8. The van der Waals surface area contributed by atoms with Crippen molar-refractivity contribution in [2.45, 2.75) is 52.4 Å². The van der Waals surface area contributed by atoms with Crippen molar-refractivity contribution in [3.8, 4) is 0 Å². The van der Waals surface area contributed by atoms with Crippen LogP contribution in [0.5, 0.6) is 0 Å². The standard InChI is InChI=1S/C48H46N4O4/c1-25-27-15-11-13-17-35(27)49(7)37(25)19-29-43(53)31(44(29)54)21-41-47(3,4)33-23-34-40(24-39(33)51(41)9)52(10)42(48(34,5)6)22-32-45(55)30(46(32)56)20-38-26(2)28-16-12-14-18-36(28)50(38)8/h11-24,53,55H,1-10H3. The minimum atomic E-state index is -0.482. The van der Waals surface area contributed by atoms with E-state index in [0.29, 0.717) is 22.3 Å². The first kappa shape index (κ1) is 35.4. The van der Waals surface area contributed by atoms with Crippen molar-refractivity contribution in [3.05, 3.63) is 152 Å². The zero-order valence-corrected chi connectivity index (χ0v) is 33.6. The van der Waals surface area contributed by atoms with Crippen LogP contribution < -0.4 is 9.80 Å². The Morgan fingerprint density at radius 2 is 0.929 bits per heavy atom. The van der Waals surface area contributed by atoms with Crippen molar-refractivity contribution >= 4 is 56.9 Å². The molecule has 0 bridgehead atoms. The average Bonchev–Trinajstić information content (AvgIpc) is 3.72. The van der Waals surface area contributed by atoms with E-state index in [0.717, 1.165) is 78.2 Å². The number of benzene rings is 3. The van der Waals surface area contributed by atoms with E-state index in [9.17, 15) is 19.8 Å². The third-order valence-corrected chi connectivity index (χ3v) is 13.1. The van der Waals surface area contributed by atoms with E-state index in [1.807, 2.05) is 78.5 Å². The lowest BCUT2D eigenvalue weighted by Crippen LogP contribution is -2.28. The van der Waals surface area contributed by atoms with E-state index >= 15 is 0 Å². The highest BCUT2D eigenvalue weighted by Crippen LogP contribution is 2.56. The van der Waals surface area contributed by atoms with E-state index in [2.05, 4.69) is 83.0 Å². The van der Waals surface area contributed by atoms with Crippen LogP contribution in [0.4, 0.5) is 11.4 Å². The first-order valence-electron chi connectivity index (χ1n) is 19.1. The van der Waals surface area contributed by atoms with Gasteiger partial charge in [-0.3, -0.25) is 9.59 Å². The fraction of sp³-hybridized carbons (Fsp3) is 0.250. The number of rotatable bonds is 4. The number of likely N-dealkylation sites (N-methyl/N-ethyl adjacent to an activating group) is 2. The predicted molar refractivity (Wildman–Crippen MR) is 226 cm³/mol. The number of carbonyl (C=O) groups is 2. The maximum Gasteiger partial charge on any atom is 0.200 e. The highest BCUT2D eigenvalue weighted by atomic mass is 16.3. The van der Waals surface area contributed by atoms with Crippen LogP contribution in [0.2, 0.25) is 0 Å². The van der Waals surface area contributed by atoms with E-state index < -0.39 is 10.8 Å². The van der Waals surface area contributed by atoms with Crippen LogP contribution in [-0.4, -0.2) is 45.0 Å². The highest BCUT2D eigenvalue weighted by Gasteiger charge is 2.47. The smallest absolute Gasteiger partial charge is 0.200 e. The molecule has 9 rings (SSSR count). The summed E-state index contributed by atoms with van der Waals surface area (Å²) in [6, 6.07) is 20.7. The summed E-state index contributed by atoms with van der Waals surface area (Å²) in [6.45, 7) is 12.7. The molecule has 0 unspecified atom stereocenters. The summed E-state index contributed by atoms with van der Waals surface area (Å²) in [5, 5.41) is 24.8. The van der Waals surface area contributed by atoms with Gasteiger partial charge in [0, 0.05) is 95.0 Å². The minimum absolute atomic E-state index is 0.0128. The number of aryl methyl sites for hydroxylation is 4. The number of hydrogen-bond acceptors (Lipinski definition) is 6. The summed E-state index contributed by atoms with van der Waals surface area (Å²) in [4.78, 5) is 31.5. The first-order chi connectivity index (χ1) is 26.5. The lowest BCUT2D eigenvalue weighted by molar-refractivity contribution is -0.114. The largest absolute Gasteiger partial charge is 0.506 e. The van der Waals surface area contributed by atoms with E-state index in [4.69, 9.17) is 0 Å². The predicted octanol–water partition coefficient (Wildman–Crippen LogP) is 9.47. The SMILES string of the molecule is Cc1c(C=C2C(=O)C(C=C3N(C)c4cc5c(cc4C3(C)C)C(C)(C)C(=CC3=C(O)C(=Cc4c(C)c6ccccc6n4C)C3=O)N5C)=C2O)n(C)c2ccccc12. The van der Waals surface area contributed by atoms with Gasteiger partial charge in [-0.05, 0) is 84.7 Å². The third kappa shape index (κ3) is 4.53. The number of anilines is 2. The fourth-order valence-corrected chi connectivity index (χ4v) is 9.65. The van der Waals surface area contributed by atoms with Crippen LogP contribution >= 0.6 is 0 Å². The Balaban J connectivity index is 1.04. The maximum absolute atomic E-state index is 13.6. The first-order valence-corrected chi connectivity index (χ1v) is 19.1. The molecule has 2 N–H and O–H groups in total. The van der Waals surface area contributed by atoms with E-state index in [1.54, 1.807) is 12.2 Å². The minimum Gasteiger partial charge on any atom is -0.506 e. The molecule has 3 aromatic carbocycles. The van der Waals surface area contributed by atoms with Crippen LogP contribution in [0.1, 0.15) is 61.3 Å². The van der Waals surface area contributed by atoms with Crippen molar-refractivity contribution in [1.29, 1.82) is 0 Å². The van der Waals surface area contributed by atoms with Gasteiger partial charge in [0.1, 0.15) is 11.5 Å². The Bertz CT molecular complexity index is 2610. The highest BCUT2D eigenvalue weighted by molar-refractivity contribution is 6.24. The van der Waals surface area contributed by atoms with Crippen LogP contribution in [0.3, 0.4) is 0 Å². The zero-order chi connectivity index (χ0) is 39.9. The van der Waals surface area contributed by atoms with Gasteiger partial charge in [-0.15, -0.1) is 0 Å². The summed E-state index contributed by atoms with van der Waals surface area (Å²) >= 11 is 0. The number of aliphatic hydroxyl groups is 2. The molecular formula is C48H46N4O4. The van der Waals surface area contributed by atoms with Crippen molar-refractivity contribution in [2.24, 2.45) is 14.1 Å². The van der Waals surface area contributed by atoms with E-state index in [-0.39, 0.29) is 23.1 Å². The molecule has 0 atom stereocenters. The van der Waals surface area contributed by atoms with Gasteiger partial charge in [0.05, 0.1) is 22.3 Å². The Hall–Kier alpha value is -6.28. The van der Waals surface area contributed by atoms with Crippen molar-refractivity contribution in [2.75, 3.05) is 23.9 Å². The Kier molecular flexibility index (Phi) is 7.35. The zero-order valence-electron chi connectivity index (χ0n) is 33.6. The Morgan fingerprint density at radius 3 is 1.29 bits per heavy atom. The number of aromatic nitrogens is 2. The molecule has 2 aliphatic carbocycles. The number of allylic oxidation sites excluding steroid dienone is 8. The molecule has 8 nitrogen and oxygen atoms in total. The number of carbonyl (C=O) groups excluding carboxylic acids is 2. The molecule has 4 heterocycles. The number of nitrogens with zero attached hydrogens (tertiary/aromatic N) is 4. The molecule has 0 radical (unpaired) electrons.